The Hall–Kier alpha value is -2.80. The van der Waals surface area contributed by atoms with Gasteiger partial charge in [-0.1, -0.05) is 62.4 Å². The molecule has 0 saturated carbocycles. The minimum atomic E-state index is 1.21. The smallest absolute Gasteiger partial charge is 0.0437 e. The maximum Gasteiger partial charge on any atom is 0.0437 e. The molecule has 0 heterocycles. The Morgan fingerprint density at radius 2 is 1.16 bits per heavy atom. The Morgan fingerprint density at radius 1 is 0.600 bits per heavy atom. The number of hydrogen-bond donors (Lipinski definition) is 0. The number of nitrogens with zero attached hydrogens (tertiary/aromatic N) is 1. The average Bonchev–Trinajstić information content (AvgIpc) is 2.67. The van der Waals surface area contributed by atoms with E-state index >= 15 is 0 Å². The van der Waals surface area contributed by atoms with Gasteiger partial charge in [-0.15, -0.1) is 0 Å². The van der Waals surface area contributed by atoms with E-state index in [0.717, 1.165) is 0 Å². The molecule has 0 saturated heterocycles. The van der Waals surface area contributed by atoms with Crippen LogP contribution in [0.5, 0.6) is 0 Å². The fourth-order valence-corrected chi connectivity index (χ4v) is 3.21. The molecule has 1 nitrogen and oxygen atoms in total. The van der Waals surface area contributed by atoms with Crippen LogP contribution in [0.4, 0.5) is 11.4 Å². The van der Waals surface area contributed by atoms with Gasteiger partial charge in [-0.2, -0.15) is 0 Å². The van der Waals surface area contributed by atoms with Crippen molar-refractivity contribution in [1.29, 1.82) is 0 Å². The van der Waals surface area contributed by atoms with Crippen LogP contribution in [0.1, 0.15) is 19.4 Å². The van der Waals surface area contributed by atoms with Crippen LogP contribution in [-0.4, -0.2) is 7.05 Å². The molecular weight excluding hydrogens is 302 g/mol. The minimum Gasteiger partial charge on any atom is -0.344 e. The first kappa shape index (κ1) is 17.0. The molecule has 4 rings (SSSR count). The minimum absolute atomic E-state index is 1.21. The number of anilines is 2. The first-order valence-corrected chi connectivity index (χ1v) is 8.94. The van der Waals surface area contributed by atoms with E-state index in [1.54, 1.807) is 0 Å². The topological polar surface area (TPSA) is 3.24 Å². The van der Waals surface area contributed by atoms with Crippen LogP contribution in [-0.2, 0) is 0 Å². The van der Waals surface area contributed by atoms with Crippen LogP contribution in [0.15, 0.2) is 78.9 Å². The molecule has 0 aliphatic heterocycles. The van der Waals surface area contributed by atoms with Gasteiger partial charge >= 0.3 is 0 Å². The number of aryl methyl sites for hydroxylation is 1. The lowest BCUT2D eigenvalue weighted by atomic mass is 10.0. The molecule has 0 N–H and O–H groups in total. The summed E-state index contributed by atoms with van der Waals surface area (Å²) in [6.45, 7) is 6.15. The fourth-order valence-electron chi connectivity index (χ4n) is 3.21. The van der Waals surface area contributed by atoms with Gasteiger partial charge in [-0.25, -0.2) is 0 Å². The van der Waals surface area contributed by atoms with E-state index in [2.05, 4.69) is 97.7 Å². The van der Waals surface area contributed by atoms with Gasteiger partial charge in [-0.05, 0) is 64.4 Å². The Bertz CT molecular complexity index is 1000. The molecule has 0 amide bonds. The van der Waals surface area contributed by atoms with Crippen molar-refractivity contribution in [3.8, 4) is 0 Å². The monoisotopic (exact) mass is 327 g/mol. The number of hydrogen-bond acceptors (Lipinski definition) is 1. The van der Waals surface area contributed by atoms with Crippen LogP contribution < -0.4 is 4.90 Å². The number of benzene rings is 4. The summed E-state index contributed by atoms with van der Waals surface area (Å²) in [5, 5.41) is 5.14. The van der Waals surface area contributed by atoms with Crippen molar-refractivity contribution < 1.29 is 0 Å². The van der Waals surface area contributed by atoms with E-state index in [-0.39, 0.29) is 0 Å². The van der Waals surface area contributed by atoms with Crippen LogP contribution in [0, 0.1) is 6.92 Å². The number of para-hydroxylation sites is 1. The summed E-state index contributed by atoms with van der Waals surface area (Å²) in [6, 6.07) is 28.2. The SMILES string of the molecule is CC.Cc1ccccc1N(C)c1ccc2cc3ccccc3cc2c1. The van der Waals surface area contributed by atoms with Gasteiger partial charge in [0, 0.05) is 18.4 Å². The molecule has 0 atom stereocenters. The second kappa shape index (κ2) is 7.40. The van der Waals surface area contributed by atoms with Crippen LogP contribution in [0.2, 0.25) is 0 Å². The molecule has 0 aromatic heterocycles. The third kappa shape index (κ3) is 3.36. The molecule has 1 heteroatoms. The Labute approximate surface area is 150 Å². The van der Waals surface area contributed by atoms with Gasteiger partial charge in [0.25, 0.3) is 0 Å². The van der Waals surface area contributed by atoms with Gasteiger partial charge in [0.05, 0.1) is 0 Å². The van der Waals surface area contributed by atoms with Gasteiger partial charge in [0.15, 0.2) is 0 Å². The number of fused-ring (bicyclic) bond motifs is 2. The largest absolute Gasteiger partial charge is 0.344 e. The van der Waals surface area contributed by atoms with Crippen molar-refractivity contribution in [2.45, 2.75) is 20.8 Å². The lowest BCUT2D eigenvalue weighted by Gasteiger charge is -2.22. The Kier molecular flexibility index (Phi) is 5.04. The molecule has 0 radical (unpaired) electrons. The summed E-state index contributed by atoms with van der Waals surface area (Å²) in [4.78, 5) is 2.25. The van der Waals surface area contributed by atoms with Gasteiger partial charge in [-0.3, -0.25) is 0 Å². The molecule has 0 bridgehead atoms. The molecule has 0 unspecified atom stereocenters. The normalized spacial score (nSPS) is 10.4. The summed E-state index contributed by atoms with van der Waals surface area (Å²) >= 11 is 0. The molecule has 4 aromatic carbocycles. The van der Waals surface area contributed by atoms with Crippen molar-refractivity contribution >= 4 is 32.9 Å². The maximum atomic E-state index is 2.28. The van der Waals surface area contributed by atoms with Crippen LogP contribution >= 0.6 is 0 Å². The lowest BCUT2D eigenvalue weighted by molar-refractivity contribution is 1.19. The van der Waals surface area contributed by atoms with Crippen molar-refractivity contribution in [2.24, 2.45) is 0 Å². The predicted octanol–water partition coefficient (Wildman–Crippen LogP) is 7.10. The van der Waals surface area contributed by atoms with Crippen molar-refractivity contribution in [3.63, 3.8) is 0 Å². The van der Waals surface area contributed by atoms with E-state index in [4.69, 9.17) is 0 Å². The standard InChI is InChI=1S/C22H19N.C2H6/c1-16-7-3-6-10-22(16)23(2)21-12-11-19-13-17-8-4-5-9-18(17)14-20(19)15-21;1-2/h3-15H,1-2H3;1-2H3. The number of rotatable bonds is 2. The van der Waals surface area contributed by atoms with E-state index < -0.39 is 0 Å². The molecular formula is C24H25N. The van der Waals surface area contributed by atoms with E-state index in [1.807, 2.05) is 13.8 Å². The second-order valence-electron chi connectivity index (χ2n) is 6.08. The third-order valence-electron chi connectivity index (χ3n) is 4.55. The molecule has 0 fully saturated rings. The average molecular weight is 327 g/mol. The van der Waals surface area contributed by atoms with Gasteiger partial charge in [0.2, 0.25) is 0 Å². The van der Waals surface area contributed by atoms with Crippen LogP contribution in [0.3, 0.4) is 0 Å². The molecule has 25 heavy (non-hydrogen) atoms. The van der Waals surface area contributed by atoms with Gasteiger partial charge < -0.3 is 4.90 Å². The highest BCUT2D eigenvalue weighted by Crippen LogP contribution is 2.31. The Morgan fingerprint density at radius 3 is 1.84 bits per heavy atom. The summed E-state index contributed by atoms with van der Waals surface area (Å²) < 4.78 is 0. The van der Waals surface area contributed by atoms with E-state index in [1.165, 1.54) is 38.5 Å². The first-order valence-electron chi connectivity index (χ1n) is 8.94. The zero-order valence-electron chi connectivity index (χ0n) is 15.5. The zero-order chi connectivity index (χ0) is 17.8. The molecule has 126 valence electrons. The van der Waals surface area contributed by atoms with Crippen molar-refractivity contribution in [2.75, 3.05) is 11.9 Å². The Balaban J connectivity index is 0.000000880. The van der Waals surface area contributed by atoms with E-state index in [9.17, 15) is 0 Å². The molecule has 0 aliphatic rings. The van der Waals surface area contributed by atoms with Gasteiger partial charge in [0.1, 0.15) is 0 Å². The summed E-state index contributed by atoms with van der Waals surface area (Å²) in [6.07, 6.45) is 0. The van der Waals surface area contributed by atoms with Crippen molar-refractivity contribution in [3.05, 3.63) is 84.4 Å². The highest BCUT2D eigenvalue weighted by molar-refractivity contribution is 5.99. The summed E-state index contributed by atoms with van der Waals surface area (Å²) in [5.74, 6) is 0. The summed E-state index contributed by atoms with van der Waals surface area (Å²) in [7, 11) is 2.13. The lowest BCUT2D eigenvalue weighted by Crippen LogP contribution is -2.10. The first-order chi connectivity index (χ1) is 12.2. The fraction of sp³-hybridized carbons (Fsp3) is 0.167. The van der Waals surface area contributed by atoms with Crippen molar-refractivity contribution in [1.82, 2.24) is 0 Å². The maximum absolute atomic E-state index is 2.28. The zero-order valence-corrected chi connectivity index (χ0v) is 15.5. The molecule has 0 spiro atoms. The van der Waals surface area contributed by atoms with E-state index in [0.29, 0.717) is 0 Å². The van der Waals surface area contributed by atoms with Crippen LogP contribution in [0.25, 0.3) is 21.5 Å². The third-order valence-corrected chi connectivity index (χ3v) is 4.55. The highest BCUT2D eigenvalue weighted by Gasteiger charge is 2.07. The summed E-state index contributed by atoms with van der Waals surface area (Å²) in [5.41, 5.74) is 3.74. The second-order valence-corrected chi connectivity index (χ2v) is 6.08. The molecule has 0 aliphatic carbocycles. The quantitative estimate of drug-likeness (QED) is 0.355. The predicted molar refractivity (Wildman–Crippen MR) is 112 cm³/mol. The highest BCUT2D eigenvalue weighted by atomic mass is 15.1. The molecule has 4 aromatic rings.